The molecule has 0 aromatic rings. The van der Waals surface area contributed by atoms with Gasteiger partial charge < -0.3 is 14.2 Å². The quantitative estimate of drug-likeness (QED) is 0.0262. The first-order valence-corrected chi connectivity index (χ1v) is 26.7. The third kappa shape index (κ3) is 51.2. The van der Waals surface area contributed by atoms with Gasteiger partial charge in [0.2, 0.25) is 0 Å². The van der Waals surface area contributed by atoms with Crippen LogP contribution < -0.4 is 0 Å². The zero-order valence-corrected chi connectivity index (χ0v) is 42.2. The molecule has 0 saturated heterocycles. The van der Waals surface area contributed by atoms with Crippen LogP contribution in [-0.4, -0.2) is 37.2 Å². The average molecular weight is 903 g/mol. The molecule has 0 spiro atoms. The maximum atomic E-state index is 12.8. The van der Waals surface area contributed by atoms with Crippen LogP contribution in [0.15, 0.2) is 97.2 Å². The first-order chi connectivity index (χ1) is 32.0. The zero-order valence-electron chi connectivity index (χ0n) is 42.2. The summed E-state index contributed by atoms with van der Waals surface area (Å²) in [7, 11) is 0. The summed E-state index contributed by atoms with van der Waals surface area (Å²) in [6.07, 6.45) is 69.6. The van der Waals surface area contributed by atoms with Crippen molar-refractivity contribution < 1.29 is 28.6 Å². The number of allylic oxidation sites excluding steroid dienone is 16. The van der Waals surface area contributed by atoms with Crippen LogP contribution in [-0.2, 0) is 28.6 Å². The molecule has 0 amide bonds. The van der Waals surface area contributed by atoms with Crippen LogP contribution in [0.2, 0.25) is 0 Å². The van der Waals surface area contributed by atoms with Crippen LogP contribution in [0.1, 0.15) is 239 Å². The molecule has 6 heteroatoms. The van der Waals surface area contributed by atoms with E-state index in [1.54, 1.807) is 0 Å². The van der Waals surface area contributed by atoms with E-state index >= 15 is 0 Å². The van der Waals surface area contributed by atoms with Gasteiger partial charge in [-0.3, -0.25) is 14.4 Å². The molecule has 0 bridgehead atoms. The third-order valence-electron chi connectivity index (χ3n) is 11.1. The minimum absolute atomic E-state index is 0.101. The molecule has 0 aliphatic heterocycles. The van der Waals surface area contributed by atoms with Gasteiger partial charge in [-0.1, -0.05) is 208 Å². The molecule has 1 atom stereocenters. The molecule has 0 aromatic heterocycles. The second-order valence-corrected chi connectivity index (χ2v) is 17.4. The Hall–Kier alpha value is -3.67. The van der Waals surface area contributed by atoms with Gasteiger partial charge in [0, 0.05) is 19.3 Å². The second kappa shape index (κ2) is 52.9. The molecule has 0 rings (SSSR count). The lowest BCUT2D eigenvalue weighted by Crippen LogP contribution is -2.30. The number of rotatable bonds is 47. The van der Waals surface area contributed by atoms with Crippen molar-refractivity contribution in [2.45, 2.75) is 245 Å². The van der Waals surface area contributed by atoms with E-state index in [0.717, 1.165) is 109 Å². The third-order valence-corrected chi connectivity index (χ3v) is 11.1. The van der Waals surface area contributed by atoms with E-state index in [-0.39, 0.29) is 37.5 Å². The lowest BCUT2D eigenvalue weighted by molar-refractivity contribution is -0.167. The minimum Gasteiger partial charge on any atom is -0.462 e. The Balaban J connectivity index is 4.46. The molecule has 0 N–H and O–H groups in total. The van der Waals surface area contributed by atoms with E-state index in [1.807, 2.05) is 0 Å². The molecule has 0 heterocycles. The van der Waals surface area contributed by atoms with Crippen molar-refractivity contribution >= 4 is 17.9 Å². The number of carbonyl (C=O) groups is 3. The molecule has 0 aliphatic carbocycles. The Labute approximate surface area is 400 Å². The number of ether oxygens (including phenoxy) is 3. The zero-order chi connectivity index (χ0) is 47.2. The van der Waals surface area contributed by atoms with E-state index < -0.39 is 6.10 Å². The molecule has 0 radical (unpaired) electrons. The highest BCUT2D eigenvalue weighted by Gasteiger charge is 2.19. The average Bonchev–Trinajstić information content (AvgIpc) is 3.30. The Bertz CT molecular complexity index is 1310. The van der Waals surface area contributed by atoms with Crippen LogP contribution in [0.5, 0.6) is 0 Å². The fraction of sp³-hybridized carbons (Fsp3) is 0.678. The lowest BCUT2D eigenvalue weighted by atomic mass is 10.1. The van der Waals surface area contributed by atoms with E-state index in [1.165, 1.54) is 89.9 Å². The van der Waals surface area contributed by atoms with Crippen molar-refractivity contribution in [3.63, 3.8) is 0 Å². The molecule has 0 fully saturated rings. The standard InChI is InChI=1S/C59H98O6/c1-4-7-10-13-16-19-21-23-25-27-29-31-33-35-37-40-43-46-49-52-58(61)64-55-56(54-63-57(60)51-48-45-42-39-18-15-12-9-6-3)65-59(62)53-50-47-44-41-38-36-34-32-30-28-26-24-22-20-17-14-11-8-5-2/h16-17,19-20,23-26,29-32,35-38,56H,4-15,18,21-22,27-28,33-34,39-55H2,1-3H3/b19-16-,20-17-,25-23-,26-24-,31-29-,32-30-,37-35-,38-36-/t56-/m1/s1. The maximum absolute atomic E-state index is 12.8. The fourth-order valence-corrected chi connectivity index (χ4v) is 7.00. The molecular formula is C59H98O6. The van der Waals surface area contributed by atoms with E-state index in [2.05, 4.69) is 118 Å². The Morgan fingerprint density at radius 1 is 0.308 bits per heavy atom. The van der Waals surface area contributed by atoms with Crippen molar-refractivity contribution in [2.24, 2.45) is 0 Å². The predicted molar refractivity (Wildman–Crippen MR) is 279 cm³/mol. The van der Waals surface area contributed by atoms with Gasteiger partial charge in [-0.15, -0.1) is 0 Å². The molecule has 0 aromatic carbocycles. The number of hydrogen-bond donors (Lipinski definition) is 0. The van der Waals surface area contributed by atoms with Crippen LogP contribution >= 0.6 is 0 Å². The van der Waals surface area contributed by atoms with Gasteiger partial charge >= 0.3 is 17.9 Å². The van der Waals surface area contributed by atoms with Gasteiger partial charge in [0.05, 0.1) is 0 Å². The smallest absolute Gasteiger partial charge is 0.306 e. The summed E-state index contributed by atoms with van der Waals surface area (Å²) in [5.41, 5.74) is 0. The van der Waals surface area contributed by atoms with Crippen molar-refractivity contribution in [2.75, 3.05) is 13.2 Å². The summed E-state index contributed by atoms with van der Waals surface area (Å²) < 4.78 is 16.7. The second-order valence-electron chi connectivity index (χ2n) is 17.4. The number of carbonyl (C=O) groups excluding carboxylic acids is 3. The Kier molecular flexibility index (Phi) is 50.0. The monoisotopic (exact) mass is 903 g/mol. The maximum Gasteiger partial charge on any atom is 0.306 e. The highest BCUT2D eigenvalue weighted by molar-refractivity contribution is 5.71. The summed E-state index contributed by atoms with van der Waals surface area (Å²) in [5, 5.41) is 0. The van der Waals surface area contributed by atoms with Crippen LogP contribution in [0.25, 0.3) is 0 Å². The lowest BCUT2D eigenvalue weighted by Gasteiger charge is -2.18. The van der Waals surface area contributed by atoms with Gasteiger partial charge in [-0.2, -0.15) is 0 Å². The Morgan fingerprint density at radius 2 is 0.554 bits per heavy atom. The molecule has 0 aliphatic rings. The minimum atomic E-state index is -0.806. The van der Waals surface area contributed by atoms with E-state index in [0.29, 0.717) is 12.8 Å². The first-order valence-electron chi connectivity index (χ1n) is 26.7. The van der Waals surface area contributed by atoms with Crippen LogP contribution in [0.4, 0.5) is 0 Å². The predicted octanol–water partition coefficient (Wildman–Crippen LogP) is 17.8. The fourth-order valence-electron chi connectivity index (χ4n) is 7.00. The van der Waals surface area contributed by atoms with Gasteiger partial charge in [-0.25, -0.2) is 0 Å². The van der Waals surface area contributed by atoms with Crippen molar-refractivity contribution in [1.82, 2.24) is 0 Å². The topological polar surface area (TPSA) is 78.9 Å². The van der Waals surface area contributed by atoms with Crippen molar-refractivity contribution in [3.05, 3.63) is 97.2 Å². The summed E-state index contributed by atoms with van der Waals surface area (Å²) in [6.45, 7) is 6.50. The summed E-state index contributed by atoms with van der Waals surface area (Å²) in [6, 6.07) is 0. The summed E-state index contributed by atoms with van der Waals surface area (Å²) in [5.74, 6) is -0.969. The highest BCUT2D eigenvalue weighted by Crippen LogP contribution is 2.13. The normalized spacial score (nSPS) is 12.8. The summed E-state index contributed by atoms with van der Waals surface area (Å²) in [4.78, 5) is 37.9. The largest absolute Gasteiger partial charge is 0.462 e. The van der Waals surface area contributed by atoms with E-state index in [4.69, 9.17) is 14.2 Å². The van der Waals surface area contributed by atoms with Gasteiger partial charge in [0.25, 0.3) is 0 Å². The molecule has 6 nitrogen and oxygen atoms in total. The highest BCUT2D eigenvalue weighted by atomic mass is 16.6. The van der Waals surface area contributed by atoms with Gasteiger partial charge in [0.1, 0.15) is 13.2 Å². The first kappa shape index (κ1) is 61.3. The SMILES string of the molecule is CCCCC/C=C\C/C=C\C/C=C\C/C=C\CCCCCC(=O)OC[C@@H](COC(=O)CCCCCCCCCCC)OC(=O)CCCCC/C=C\C/C=C\C/C=C\C/C=C\CCCCC. The number of hydrogen-bond acceptors (Lipinski definition) is 6. The molecule has 65 heavy (non-hydrogen) atoms. The van der Waals surface area contributed by atoms with Crippen LogP contribution in [0, 0.1) is 0 Å². The van der Waals surface area contributed by atoms with E-state index in [9.17, 15) is 14.4 Å². The van der Waals surface area contributed by atoms with Gasteiger partial charge in [0.15, 0.2) is 6.10 Å². The summed E-state index contributed by atoms with van der Waals surface area (Å²) >= 11 is 0. The molecule has 0 saturated carbocycles. The van der Waals surface area contributed by atoms with Crippen molar-refractivity contribution in [1.29, 1.82) is 0 Å². The molecular weight excluding hydrogens is 805 g/mol. The molecule has 370 valence electrons. The molecule has 0 unspecified atom stereocenters. The number of esters is 3. The number of unbranched alkanes of at least 4 members (excludes halogenated alkanes) is 20. The van der Waals surface area contributed by atoms with Crippen molar-refractivity contribution in [3.8, 4) is 0 Å². The van der Waals surface area contributed by atoms with Gasteiger partial charge in [-0.05, 0) is 109 Å². The Morgan fingerprint density at radius 3 is 0.892 bits per heavy atom. The van der Waals surface area contributed by atoms with Crippen LogP contribution in [0.3, 0.4) is 0 Å².